The number of nitriles is 1. The Kier molecular flexibility index (Phi) is 11.1. The van der Waals surface area contributed by atoms with E-state index in [2.05, 4.69) is 11.4 Å². The van der Waals surface area contributed by atoms with E-state index in [4.69, 9.17) is 24.2 Å². The van der Waals surface area contributed by atoms with Gasteiger partial charge in [-0.1, -0.05) is 51.8 Å². The first-order valence-corrected chi connectivity index (χ1v) is 13.6. The molecule has 2 aromatic carbocycles. The summed E-state index contributed by atoms with van der Waals surface area (Å²) in [5.41, 5.74) is 2.07. The minimum atomic E-state index is -2.33. The molecule has 0 fully saturated rings. The van der Waals surface area contributed by atoms with Crippen molar-refractivity contribution in [3.63, 3.8) is 0 Å². The second-order valence-electron chi connectivity index (χ2n) is 9.55. The zero-order valence-electron chi connectivity index (χ0n) is 22.9. The van der Waals surface area contributed by atoms with Crippen LogP contribution in [0.15, 0.2) is 42.5 Å². The molecular formula is C30H38N2O7. The predicted molar refractivity (Wildman–Crippen MR) is 144 cm³/mol. The molecule has 9 nitrogen and oxygen atoms in total. The first-order chi connectivity index (χ1) is 18.9. The molecule has 1 heterocycles. The van der Waals surface area contributed by atoms with Crippen LogP contribution in [0.3, 0.4) is 0 Å². The highest BCUT2D eigenvalue weighted by atomic mass is 16.8. The minimum absolute atomic E-state index is 0.0296. The summed E-state index contributed by atoms with van der Waals surface area (Å²) in [5, 5.41) is 23.1. The molecule has 210 valence electrons. The van der Waals surface area contributed by atoms with Gasteiger partial charge < -0.3 is 29.4 Å². The number of nitrogens with one attached hydrogen (secondary N) is 1. The molecule has 0 saturated heterocycles. The van der Waals surface area contributed by atoms with E-state index in [-0.39, 0.29) is 30.8 Å². The number of rotatable bonds is 15. The maximum atomic E-state index is 13.0. The molecule has 0 amide bonds. The summed E-state index contributed by atoms with van der Waals surface area (Å²) in [5.74, 6) is -3.68. The van der Waals surface area contributed by atoms with Gasteiger partial charge in [0.1, 0.15) is 0 Å². The van der Waals surface area contributed by atoms with E-state index in [1.54, 1.807) is 36.4 Å². The third-order valence-corrected chi connectivity index (χ3v) is 6.49. The summed E-state index contributed by atoms with van der Waals surface area (Å²) in [6, 6.07) is 14.3. The SMILES string of the molecule is CCCCOC(=O)C1(C(=O)OCCCC)Oc2ccc(CC(CC)NCC(O)c3cccc(C#N)c3)cc2O1. The summed E-state index contributed by atoms with van der Waals surface area (Å²) in [7, 11) is 0. The van der Waals surface area contributed by atoms with Crippen LogP contribution in [0.5, 0.6) is 11.5 Å². The highest BCUT2D eigenvalue weighted by Gasteiger charge is 2.59. The Hall–Kier alpha value is -3.61. The summed E-state index contributed by atoms with van der Waals surface area (Å²) in [4.78, 5) is 26.0. The van der Waals surface area contributed by atoms with Gasteiger partial charge in [0, 0.05) is 12.6 Å². The molecule has 0 spiro atoms. The number of aliphatic hydroxyl groups excluding tert-OH is 1. The molecule has 1 aliphatic rings. The molecule has 0 bridgehead atoms. The molecule has 0 saturated carbocycles. The Morgan fingerprint density at radius 2 is 1.67 bits per heavy atom. The van der Waals surface area contributed by atoms with E-state index in [9.17, 15) is 14.7 Å². The van der Waals surface area contributed by atoms with Gasteiger partial charge in [-0.25, -0.2) is 9.59 Å². The monoisotopic (exact) mass is 538 g/mol. The van der Waals surface area contributed by atoms with Crippen LogP contribution in [-0.4, -0.2) is 48.6 Å². The molecular weight excluding hydrogens is 500 g/mol. The van der Waals surface area contributed by atoms with E-state index in [0.717, 1.165) is 24.8 Å². The van der Waals surface area contributed by atoms with Crippen LogP contribution in [0.1, 0.15) is 75.7 Å². The molecule has 2 N–H and O–H groups in total. The van der Waals surface area contributed by atoms with Crippen molar-refractivity contribution < 1.29 is 33.6 Å². The van der Waals surface area contributed by atoms with Gasteiger partial charge in [-0.2, -0.15) is 5.26 Å². The smallest absolute Gasteiger partial charge is 0.453 e. The largest absolute Gasteiger partial charge is 0.459 e. The molecule has 0 radical (unpaired) electrons. The van der Waals surface area contributed by atoms with Crippen LogP contribution < -0.4 is 14.8 Å². The van der Waals surface area contributed by atoms with Gasteiger partial charge in [0.25, 0.3) is 0 Å². The van der Waals surface area contributed by atoms with Gasteiger partial charge in [-0.15, -0.1) is 0 Å². The van der Waals surface area contributed by atoms with Crippen molar-refractivity contribution >= 4 is 11.9 Å². The lowest BCUT2D eigenvalue weighted by Gasteiger charge is -2.23. The summed E-state index contributed by atoms with van der Waals surface area (Å²) >= 11 is 0. The lowest BCUT2D eigenvalue weighted by molar-refractivity contribution is -0.202. The molecule has 2 aromatic rings. The van der Waals surface area contributed by atoms with Crippen molar-refractivity contribution in [2.75, 3.05) is 19.8 Å². The number of benzene rings is 2. The highest BCUT2D eigenvalue weighted by Crippen LogP contribution is 2.41. The molecule has 0 aromatic heterocycles. The van der Waals surface area contributed by atoms with E-state index >= 15 is 0 Å². The van der Waals surface area contributed by atoms with Crippen LogP contribution in [0.4, 0.5) is 0 Å². The number of ether oxygens (including phenoxy) is 4. The summed E-state index contributed by atoms with van der Waals surface area (Å²) < 4.78 is 22.2. The Labute approximate surface area is 230 Å². The number of hydrogen-bond acceptors (Lipinski definition) is 9. The van der Waals surface area contributed by atoms with E-state index < -0.39 is 23.8 Å². The Morgan fingerprint density at radius 1 is 1.00 bits per heavy atom. The minimum Gasteiger partial charge on any atom is -0.459 e. The lowest BCUT2D eigenvalue weighted by atomic mass is 10.0. The average Bonchev–Trinajstić information content (AvgIpc) is 3.35. The van der Waals surface area contributed by atoms with E-state index in [1.165, 1.54) is 0 Å². The van der Waals surface area contributed by atoms with Gasteiger partial charge in [0.05, 0.1) is 31.0 Å². The predicted octanol–water partition coefficient (Wildman–Crippen LogP) is 4.36. The fourth-order valence-corrected chi connectivity index (χ4v) is 4.09. The number of carbonyl (C=O) groups excluding carboxylic acids is 2. The fraction of sp³-hybridized carbons (Fsp3) is 0.500. The first-order valence-electron chi connectivity index (χ1n) is 13.6. The number of hydrogen-bond donors (Lipinski definition) is 2. The normalized spacial score (nSPS) is 14.7. The number of carbonyl (C=O) groups is 2. The Bertz CT molecular complexity index is 1140. The molecule has 2 unspecified atom stereocenters. The molecule has 1 aliphatic heterocycles. The summed E-state index contributed by atoms with van der Waals surface area (Å²) in [6.45, 7) is 6.57. The van der Waals surface area contributed by atoms with Crippen LogP contribution in [-0.2, 0) is 25.5 Å². The maximum absolute atomic E-state index is 13.0. The van der Waals surface area contributed by atoms with Crippen LogP contribution in [0.25, 0.3) is 0 Å². The third kappa shape index (κ3) is 7.71. The zero-order valence-corrected chi connectivity index (χ0v) is 22.9. The number of fused-ring (bicyclic) bond motifs is 1. The van der Waals surface area contributed by atoms with E-state index in [0.29, 0.717) is 36.9 Å². The van der Waals surface area contributed by atoms with Crippen LogP contribution >= 0.6 is 0 Å². The molecule has 39 heavy (non-hydrogen) atoms. The van der Waals surface area contributed by atoms with Gasteiger partial charge in [0.2, 0.25) is 0 Å². The van der Waals surface area contributed by atoms with Crippen molar-refractivity contribution in [1.29, 1.82) is 5.26 Å². The van der Waals surface area contributed by atoms with Crippen molar-refractivity contribution in [2.45, 2.75) is 77.2 Å². The van der Waals surface area contributed by atoms with Crippen LogP contribution in [0, 0.1) is 11.3 Å². The summed E-state index contributed by atoms with van der Waals surface area (Å²) in [6.07, 6.45) is 3.57. The van der Waals surface area contributed by atoms with Gasteiger partial charge in [0.15, 0.2) is 11.5 Å². The molecule has 2 atom stereocenters. The molecule has 9 heteroatoms. The Morgan fingerprint density at radius 3 is 2.28 bits per heavy atom. The second kappa shape index (κ2) is 14.5. The van der Waals surface area contributed by atoms with E-state index in [1.807, 2.05) is 26.8 Å². The topological polar surface area (TPSA) is 127 Å². The van der Waals surface area contributed by atoms with Gasteiger partial charge >= 0.3 is 17.7 Å². The Balaban J connectivity index is 1.69. The lowest BCUT2D eigenvalue weighted by Crippen LogP contribution is -2.56. The van der Waals surface area contributed by atoms with Crippen molar-refractivity contribution in [3.8, 4) is 17.6 Å². The maximum Gasteiger partial charge on any atom is 0.453 e. The van der Waals surface area contributed by atoms with Crippen molar-refractivity contribution in [3.05, 3.63) is 59.2 Å². The molecule has 3 rings (SSSR count). The first kappa shape index (κ1) is 29.9. The van der Waals surface area contributed by atoms with Crippen molar-refractivity contribution in [2.24, 2.45) is 0 Å². The quantitative estimate of drug-likeness (QED) is 0.193. The third-order valence-electron chi connectivity index (χ3n) is 6.49. The fourth-order valence-electron chi connectivity index (χ4n) is 4.09. The number of aliphatic hydroxyl groups is 1. The van der Waals surface area contributed by atoms with Gasteiger partial charge in [-0.3, -0.25) is 0 Å². The molecule has 0 aliphatic carbocycles. The van der Waals surface area contributed by atoms with Crippen molar-refractivity contribution in [1.82, 2.24) is 5.32 Å². The highest BCUT2D eigenvalue weighted by molar-refractivity contribution is 6.03. The average molecular weight is 539 g/mol. The van der Waals surface area contributed by atoms with Crippen LogP contribution in [0.2, 0.25) is 0 Å². The number of esters is 2. The number of nitrogens with zero attached hydrogens (tertiary/aromatic N) is 1. The number of unbranched alkanes of at least 4 members (excludes halogenated alkanes) is 2. The second-order valence-corrected chi connectivity index (χ2v) is 9.55. The van der Waals surface area contributed by atoms with Gasteiger partial charge in [-0.05, 0) is 61.1 Å². The zero-order chi connectivity index (χ0) is 28.3. The standard InChI is InChI=1S/C30H38N2O7/c1-4-7-14-36-28(34)30(29(35)37-15-8-5-2)38-26-13-12-21(18-27(26)39-30)17-24(6-3)32-20-25(33)23-11-9-10-22(16-23)19-31/h9-13,16,18,24-25,32-33H,4-8,14-15,17,20H2,1-3H3.